The average Bonchev–Trinajstić information content (AvgIpc) is 2.93. The maximum absolute atomic E-state index is 12.6. The summed E-state index contributed by atoms with van der Waals surface area (Å²) >= 11 is 0. The number of hydrogen-bond acceptors (Lipinski definition) is 3. The van der Waals surface area contributed by atoms with Crippen LogP contribution in [0.5, 0.6) is 0 Å². The van der Waals surface area contributed by atoms with Gasteiger partial charge in [0.15, 0.2) is 0 Å². The second kappa shape index (κ2) is 5.52. The molecule has 1 amide bonds. The maximum Gasteiger partial charge on any atom is 0.223 e. The van der Waals surface area contributed by atoms with Crippen LogP contribution in [0.15, 0.2) is 24.5 Å². The van der Waals surface area contributed by atoms with Crippen LogP contribution in [0.4, 0.5) is 0 Å². The van der Waals surface area contributed by atoms with E-state index in [1.54, 1.807) is 6.20 Å². The highest BCUT2D eigenvalue weighted by Gasteiger charge is 2.40. The Morgan fingerprint density at radius 2 is 2.30 bits per heavy atom. The lowest BCUT2D eigenvalue weighted by Gasteiger charge is -2.41. The number of carbonyl (C=O) groups excluding carboxylic acids is 1. The van der Waals surface area contributed by atoms with E-state index in [4.69, 9.17) is 5.73 Å². The molecule has 4 heteroatoms. The molecular formula is C16H23N3O. The number of carbonyl (C=O) groups is 1. The summed E-state index contributed by atoms with van der Waals surface area (Å²) in [4.78, 5) is 18.9. The van der Waals surface area contributed by atoms with Crippen LogP contribution in [0.3, 0.4) is 0 Å². The third-order valence-corrected chi connectivity index (χ3v) is 5.02. The third-order valence-electron chi connectivity index (χ3n) is 5.02. The lowest BCUT2D eigenvalue weighted by atomic mass is 9.66. The zero-order chi connectivity index (χ0) is 14.0. The minimum Gasteiger partial charge on any atom is -0.336 e. The van der Waals surface area contributed by atoms with Crippen LogP contribution in [0.2, 0.25) is 0 Å². The molecule has 2 fully saturated rings. The zero-order valence-corrected chi connectivity index (χ0v) is 11.9. The molecule has 0 bridgehead atoms. The monoisotopic (exact) mass is 273 g/mol. The molecule has 3 rings (SSSR count). The van der Waals surface area contributed by atoms with Crippen molar-refractivity contribution in [3.8, 4) is 0 Å². The molecule has 1 saturated heterocycles. The van der Waals surface area contributed by atoms with Gasteiger partial charge in [-0.2, -0.15) is 0 Å². The van der Waals surface area contributed by atoms with Gasteiger partial charge in [-0.1, -0.05) is 12.5 Å². The molecule has 108 valence electrons. The summed E-state index contributed by atoms with van der Waals surface area (Å²) in [5.41, 5.74) is 7.14. The molecule has 0 spiro atoms. The number of amides is 1. The van der Waals surface area contributed by atoms with Gasteiger partial charge in [-0.15, -0.1) is 0 Å². The van der Waals surface area contributed by atoms with Crippen LogP contribution in [-0.4, -0.2) is 28.9 Å². The molecule has 1 aliphatic carbocycles. The fraction of sp³-hybridized carbons (Fsp3) is 0.625. The Labute approximate surface area is 120 Å². The number of aromatic nitrogens is 1. The second-order valence-electron chi connectivity index (χ2n) is 6.27. The van der Waals surface area contributed by atoms with E-state index in [0.29, 0.717) is 13.0 Å². The molecule has 1 aromatic rings. The largest absolute Gasteiger partial charge is 0.336 e. The number of hydrogen-bond donors (Lipinski definition) is 1. The molecule has 2 heterocycles. The van der Waals surface area contributed by atoms with Gasteiger partial charge in [0.2, 0.25) is 5.91 Å². The van der Waals surface area contributed by atoms with Crippen molar-refractivity contribution in [2.75, 3.05) is 13.1 Å². The zero-order valence-electron chi connectivity index (χ0n) is 11.9. The van der Waals surface area contributed by atoms with Gasteiger partial charge in [-0.3, -0.25) is 9.78 Å². The van der Waals surface area contributed by atoms with Gasteiger partial charge >= 0.3 is 0 Å². The Morgan fingerprint density at radius 3 is 2.90 bits per heavy atom. The number of pyridine rings is 1. The predicted octanol–water partition coefficient (Wildman–Crippen LogP) is 2.26. The topological polar surface area (TPSA) is 59.2 Å². The summed E-state index contributed by atoms with van der Waals surface area (Å²) < 4.78 is 0. The molecule has 2 N–H and O–H groups in total. The van der Waals surface area contributed by atoms with Gasteiger partial charge in [0, 0.05) is 25.4 Å². The van der Waals surface area contributed by atoms with Crippen LogP contribution in [0, 0.1) is 5.41 Å². The van der Waals surface area contributed by atoms with Crippen LogP contribution in [0.25, 0.3) is 0 Å². The molecule has 1 aliphatic heterocycles. The van der Waals surface area contributed by atoms with E-state index < -0.39 is 0 Å². The van der Waals surface area contributed by atoms with E-state index in [0.717, 1.165) is 37.8 Å². The number of likely N-dealkylation sites (tertiary alicyclic amines) is 1. The average molecular weight is 273 g/mol. The Bertz CT molecular complexity index is 464. The van der Waals surface area contributed by atoms with Gasteiger partial charge in [-0.05, 0) is 49.3 Å². The van der Waals surface area contributed by atoms with Gasteiger partial charge < -0.3 is 10.6 Å². The van der Waals surface area contributed by atoms with E-state index in [1.807, 2.05) is 17.2 Å². The van der Waals surface area contributed by atoms with E-state index in [1.165, 1.54) is 6.42 Å². The predicted molar refractivity (Wildman–Crippen MR) is 77.9 cm³/mol. The molecule has 1 saturated carbocycles. The lowest BCUT2D eigenvalue weighted by Crippen LogP contribution is -2.43. The van der Waals surface area contributed by atoms with E-state index >= 15 is 0 Å². The fourth-order valence-corrected chi connectivity index (χ4v) is 3.54. The molecule has 1 unspecified atom stereocenters. The summed E-state index contributed by atoms with van der Waals surface area (Å²) in [7, 11) is 0. The van der Waals surface area contributed by atoms with Gasteiger partial charge in [0.1, 0.15) is 0 Å². The molecule has 20 heavy (non-hydrogen) atoms. The maximum atomic E-state index is 12.6. The van der Waals surface area contributed by atoms with Crippen molar-refractivity contribution in [3.63, 3.8) is 0 Å². The van der Waals surface area contributed by atoms with Crippen molar-refractivity contribution in [1.82, 2.24) is 9.88 Å². The van der Waals surface area contributed by atoms with Crippen LogP contribution < -0.4 is 5.73 Å². The first-order valence-corrected chi connectivity index (χ1v) is 7.64. The second-order valence-corrected chi connectivity index (χ2v) is 6.27. The van der Waals surface area contributed by atoms with Crippen LogP contribution >= 0.6 is 0 Å². The molecular weight excluding hydrogens is 250 g/mol. The summed E-state index contributed by atoms with van der Waals surface area (Å²) in [5.74, 6) is 0.279. The summed E-state index contributed by atoms with van der Waals surface area (Å²) in [5, 5.41) is 0. The normalized spacial score (nSPS) is 24.4. The lowest BCUT2D eigenvalue weighted by molar-refractivity contribution is -0.136. The molecule has 1 atom stereocenters. The minimum absolute atomic E-state index is 0.0964. The Morgan fingerprint density at radius 1 is 1.45 bits per heavy atom. The Hall–Kier alpha value is -1.42. The van der Waals surface area contributed by atoms with Gasteiger partial charge in [0.25, 0.3) is 0 Å². The van der Waals surface area contributed by atoms with Crippen molar-refractivity contribution in [2.24, 2.45) is 11.1 Å². The van der Waals surface area contributed by atoms with Crippen molar-refractivity contribution in [3.05, 3.63) is 30.1 Å². The quantitative estimate of drug-likeness (QED) is 0.915. The summed E-state index contributed by atoms with van der Waals surface area (Å²) in [6.45, 7) is 1.52. The van der Waals surface area contributed by atoms with Crippen molar-refractivity contribution < 1.29 is 4.79 Å². The molecule has 0 radical (unpaired) electrons. The molecule has 0 aromatic carbocycles. The summed E-state index contributed by atoms with van der Waals surface area (Å²) in [6.07, 6.45) is 9.87. The smallest absolute Gasteiger partial charge is 0.223 e. The van der Waals surface area contributed by atoms with Crippen LogP contribution in [-0.2, 0) is 4.79 Å². The highest BCUT2D eigenvalue weighted by atomic mass is 16.2. The standard InChI is InChI=1S/C16H23N3O/c17-12-16(6-3-7-16)10-15(20)19-9-2-5-14(19)13-4-1-8-18-11-13/h1,4,8,11,14H,2-3,5-7,9-10,12,17H2. The SMILES string of the molecule is NCC1(CC(=O)N2CCCC2c2cccnc2)CCC1. The molecule has 2 aliphatic rings. The number of nitrogens with two attached hydrogens (primary N) is 1. The Kier molecular flexibility index (Phi) is 3.74. The Balaban J connectivity index is 1.70. The third kappa shape index (κ3) is 2.44. The highest BCUT2D eigenvalue weighted by molar-refractivity contribution is 5.78. The number of nitrogens with zero attached hydrogens (tertiary/aromatic N) is 2. The van der Waals surface area contributed by atoms with Crippen LogP contribution in [0.1, 0.15) is 50.1 Å². The van der Waals surface area contributed by atoms with E-state index in [2.05, 4.69) is 11.1 Å². The summed E-state index contributed by atoms with van der Waals surface area (Å²) in [6, 6.07) is 4.24. The number of rotatable bonds is 4. The van der Waals surface area contributed by atoms with E-state index in [9.17, 15) is 4.79 Å². The highest BCUT2D eigenvalue weighted by Crippen LogP contribution is 2.44. The first-order valence-electron chi connectivity index (χ1n) is 7.64. The minimum atomic E-state index is 0.0964. The van der Waals surface area contributed by atoms with Gasteiger partial charge in [0.05, 0.1) is 6.04 Å². The van der Waals surface area contributed by atoms with Crippen molar-refractivity contribution in [2.45, 2.75) is 44.6 Å². The van der Waals surface area contributed by atoms with Gasteiger partial charge in [-0.25, -0.2) is 0 Å². The molecule has 1 aromatic heterocycles. The fourth-order valence-electron chi connectivity index (χ4n) is 3.54. The first kappa shape index (κ1) is 13.6. The van der Waals surface area contributed by atoms with E-state index in [-0.39, 0.29) is 17.4 Å². The first-order chi connectivity index (χ1) is 9.74. The molecule has 4 nitrogen and oxygen atoms in total. The van der Waals surface area contributed by atoms with Crippen molar-refractivity contribution >= 4 is 5.91 Å². The van der Waals surface area contributed by atoms with Crippen molar-refractivity contribution in [1.29, 1.82) is 0 Å².